The predicted molar refractivity (Wildman–Crippen MR) is 153 cm³/mol. The van der Waals surface area contributed by atoms with E-state index in [4.69, 9.17) is 4.74 Å². The summed E-state index contributed by atoms with van der Waals surface area (Å²) in [4.78, 5) is 43.6. The summed E-state index contributed by atoms with van der Waals surface area (Å²) < 4.78 is 6.30. The summed E-state index contributed by atoms with van der Waals surface area (Å²) in [6, 6.07) is 18.5. The quantitative estimate of drug-likeness (QED) is 0.177. The van der Waals surface area contributed by atoms with E-state index in [0.29, 0.717) is 25.9 Å². The Kier molecular flexibility index (Phi) is 6.96. The van der Waals surface area contributed by atoms with Crippen LogP contribution in [0.5, 0.6) is 5.75 Å². The smallest absolute Gasteiger partial charge is 0.271 e. The van der Waals surface area contributed by atoms with Gasteiger partial charge in [-0.1, -0.05) is 29.8 Å². The number of phenols is 1. The van der Waals surface area contributed by atoms with Crippen LogP contribution >= 0.6 is 0 Å². The number of nitro groups is 1. The van der Waals surface area contributed by atoms with Crippen LogP contribution in [0.1, 0.15) is 37.4 Å². The Labute approximate surface area is 236 Å². The fourth-order valence-corrected chi connectivity index (χ4v) is 6.51. The number of benzene rings is 2. The number of aromatic nitrogens is 1. The monoisotopic (exact) mass is 551 g/mol. The van der Waals surface area contributed by atoms with E-state index >= 15 is 0 Å². The number of phenolic OH excluding ortho intramolecular Hbond substituents is 1. The number of carbonyl (C=O) groups is 2. The van der Waals surface area contributed by atoms with E-state index < -0.39 is 16.8 Å². The number of amides is 2. The number of nitrogens with zero attached hydrogens (tertiary/aromatic N) is 3. The number of aromatic hydroxyl groups is 1. The zero-order valence-corrected chi connectivity index (χ0v) is 22.5. The minimum absolute atomic E-state index is 0.165. The molecule has 0 spiro atoms. The molecule has 0 unspecified atom stereocenters. The fourth-order valence-electron chi connectivity index (χ4n) is 6.51. The molecule has 2 saturated heterocycles. The van der Waals surface area contributed by atoms with Crippen molar-refractivity contribution in [2.24, 2.45) is 17.8 Å². The van der Waals surface area contributed by atoms with E-state index in [1.54, 1.807) is 24.4 Å². The van der Waals surface area contributed by atoms with Gasteiger partial charge in [-0.15, -0.1) is 0 Å². The van der Waals surface area contributed by atoms with Gasteiger partial charge < -0.3 is 9.84 Å². The Morgan fingerprint density at radius 1 is 1.10 bits per heavy atom. The molecule has 2 fully saturated rings. The largest absolute Gasteiger partial charge is 0.508 e. The van der Waals surface area contributed by atoms with Gasteiger partial charge in [-0.2, -0.15) is 0 Å². The summed E-state index contributed by atoms with van der Waals surface area (Å²) >= 11 is 0. The molecule has 2 aliphatic heterocycles. The molecule has 4 atom stereocenters. The molecular weight excluding hydrogens is 522 g/mol. The SMILES string of the molecule is CC1=C2[C@@H](CC/C(=C/c3ccc(O)cc3)c3ccccn3)OC[C@@H]2[C@@H]2C(=O)N(c3cccc([N+](=O)[O-])c3)C(=O)[C@@H]2C1. The Hall–Kier alpha value is -4.63. The molecule has 2 aromatic carbocycles. The third-order valence-electron chi connectivity index (χ3n) is 8.35. The minimum atomic E-state index is -0.548. The Morgan fingerprint density at radius 2 is 1.90 bits per heavy atom. The van der Waals surface area contributed by atoms with Gasteiger partial charge in [0.25, 0.3) is 5.69 Å². The van der Waals surface area contributed by atoms with Gasteiger partial charge in [-0.05, 0) is 79.3 Å². The van der Waals surface area contributed by atoms with Crippen LogP contribution in [0.15, 0.2) is 84.1 Å². The van der Waals surface area contributed by atoms with Gasteiger partial charge in [-0.25, -0.2) is 4.90 Å². The molecule has 9 heteroatoms. The van der Waals surface area contributed by atoms with Crippen LogP contribution in [-0.2, 0) is 14.3 Å². The summed E-state index contributed by atoms with van der Waals surface area (Å²) in [5.74, 6) is -1.69. The van der Waals surface area contributed by atoms with Crippen LogP contribution in [0.25, 0.3) is 11.6 Å². The highest BCUT2D eigenvalue weighted by Crippen LogP contribution is 2.50. The number of anilines is 1. The molecule has 2 amide bonds. The number of rotatable bonds is 7. The lowest BCUT2D eigenvalue weighted by Gasteiger charge is -2.30. The minimum Gasteiger partial charge on any atom is -0.508 e. The predicted octanol–water partition coefficient (Wildman–Crippen LogP) is 5.56. The van der Waals surface area contributed by atoms with Gasteiger partial charge in [0.15, 0.2) is 0 Å². The zero-order chi connectivity index (χ0) is 28.7. The molecule has 0 saturated carbocycles. The molecule has 3 aromatic rings. The maximum absolute atomic E-state index is 13.7. The van der Waals surface area contributed by atoms with Crippen LogP contribution in [0, 0.1) is 27.9 Å². The average molecular weight is 552 g/mol. The third kappa shape index (κ3) is 4.93. The van der Waals surface area contributed by atoms with E-state index in [1.807, 2.05) is 37.3 Å². The fraction of sp³-hybridized carbons (Fsp3) is 0.281. The van der Waals surface area contributed by atoms with Crippen molar-refractivity contribution in [3.63, 3.8) is 0 Å². The second-order valence-electron chi connectivity index (χ2n) is 10.8. The second kappa shape index (κ2) is 10.7. The molecule has 0 bridgehead atoms. The first-order chi connectivity index (χ1) is 19.8. The highest BCUT2D eigenvalue weighted by molar-refractivity contribution is 6.22. The van der Waals surface area contributed by atoms with Crippen LogP contribution in [0.2, 0.25) is 0 Å². The number of nitro benzene ring substituents is 1. The summed E-state index contributed by atoms with van der Waals surface area (Å²) in [7, 11) is 0. The van der Waals surface area contributed by atoms with E-state index in [9.17, 15) is 24.8 Å². The van der Waals surface area contributed by atoms with Gasteiger partial charge in [0.05, 0.1) is 40.9 Å². The zero-order valence-electron chi connectivity index (χ0n) is 22.5. The van der Waals surface area contributed by atoms with Crippen molar-refractivity contribution >= 4 is 34.8 Å². The van der Waals surface area contributed by atoms with Gasteiger partial charge in [-0.3, -0.25) is 24.7 Å². The first-order valence-electron chi connectivity index (χ1n) is 13.7. The number of non-ortho nitro benzene ring substituents is 1. The lowest BCUT2D eigenvalue weighted by Crippen LogP contribution is -2.34. The number of hydrogen-bond donors (Lipinski definition) is 1. The number of hydrogen-bond acceptors (Lipinski definition) is 7. The molecule has 6 rings (SSSR count). The molecular formula is C32H29N3O6. The summed E-state index contributed by atoms with van der Waals surface area (Å²) in [5, 5.41) is 21.0. The highest BCUT2D eigenvalue weighted by Gasteiger charge is 2.57. The van der Waals surface area contributed by atoms with E-state index in [1.165, 1.54) is 18.2 Å². The van der Waals surface area contributed by atoms with Crippen LogP contribution < -0.4 is 4.90 Å². The van der Waals surface area contributed by atoms with Gasteiger partial charge in [0.2, 0.25) is 11.8 Å². The number of imide groups is 1. The number of pyridine rings is 1. The standard InChI is InChI=1S/C32H29N3O6/c1-19-15-25-30(32(38)34(31(25)37)22-5-4-6-23(17-22)35(39)40)26-18-41-28(29(19)26)13-10-21(27-7-2-3-14-33-27)16-20-8-11-24(36)12-9-20/h2-9,11-12,14,16-17,25-26,28,30,36H,10,13,15,18H2,1H3/b21-16-/t25-,26+,28-,30-/m1/s1. The van der Waals surface area contributed by atoms with Crippen molar-refractivity contribution in [3.05, 3.63) is 105 Å². The molecule has 3 aliphatic rings. The van der Waals surface area contributed by atoms with Gasteiger partial charge in [0.1, 0.15) is 5.75 Å². The Balaban J connectivity index is 1.24. The third-order valence-corrected chi connectivity index (χ3v) is 8.35. The van der Waals surface area contributed by atoms with Crippen molar-refractivity contribution in [1.82, 2.24) is 4.98 Å². The number of allylic oxidation sites excluding steroid dienone is 2. The van der Waals surface area contributed by atoms with E-state index in [2.05, 4.69) is 11.1 Å². The van der Waals surface area contributed by atoms with E-state index in [-0.39, 0.29) is 41.0 Å². The molecule has 9 nitrogen and oxygen atoms in total. The lowest BCUT2D eigenvalue weighted by molar-refractivity contribution is -0.384. The average Bonchev–Trinajstić information content (AvgIpc) is 3.51. The maximum Gasteiger partial charge on any atom is 0.271 e. The molecule has 208 valence electrons. The lowest BCUT2D eigenvalue weighted by atomic mass is 9.70. The van der Waals surface area contributed by atoms with Crippen LogP contribution in [0.4, 0.5) is 11.4 Å². The van der Waals surface area contributed by atoms with Crippen LogP contribution in [0.3, 0.4) is 0 Å². The first-order valence-corrected chi connectivity index (χ1v) is 13.7. The Bertz CT molecular complexity index is 1580. The maximum atomic E-state index is 13.7. The molecule has 1 aromatic heterocycles. The molecule has 1 N–H and O–H groups in total. The van der Waals surface area contributed by atoms with Crippen molar-refractivity contribution < 1.29 is 24.4 Å². The van der Waals surface area contributed by atoms with Crippen molar-refractivity contribution in [1.29, 1.82) is 0 Å². The van der Waals surface area contributed by atoms with Gasteiger partial charge >= 0.3 is 0 Å². The summed E-state index contributed by atoms with van der Waals surface area (Å²) in [6.07, 6.45) is 5.43. The topological polar surface area (TPSA) is 123 Å². The van der Waals surface area contributed by atoms with Crippen molar-refractivity contribution in [2.75, 3.05) is 11.5 Å². The van der Waals surface area contributed by atoms with Crippen molar-refractivity contribution in [3.8, 4) is 5.75 Å². The molecule has 0 radical (unpaired) electrons. The number of fused-ring (bicyclic) bond motifs is 3. The Morgan fingerprint density at radius 3 is 2.63 bits per heavy atom. The normalized spacial score (nSPS) is 24.0. The second-order valence-corrected chi connectivity index (χ2v) is 10.8. The van der Waals surface area contributed by atoms with Gasteiger partial charge in [0, 0.05) is 24.2 Å². The summed E-state index contributed by atoms with van der Waals surface area (Å²) in [5.41, 5.74) is 5.06. The number of ether oxygens (including phenoxy) is 1. The van der Waals surface area contributed by atoms with Crippen LogP contribution in [-0.4, -0.2) is 39.5 Å². The molecule has 41 heavy (non-hydrogen) atoms. The van der Waals surface area contributed by atoms with Crippen molar-refractivity contribution in [2.45, 2.75) is 32.3 Å². The number of carbonyl (C=O) groups excluding carboxylic acids is 2. The summed E-state index contributed by atoms with van der Waals surface area (Å²) in [6.45, 7) is 2.36. The highest BCUT2D eigenvalue weighted by atomic mass is 16.6. The first kappa shape index (κ1) is 26.6. The van der Waals surface area contributed by atoms with E-state index in [0.717, 1.165) is 32.9 Å². The molecule has 3 heterocycles. The molecule has 1 aliphatic carbocycles.